The van der Waals surface area contributed by atoms with Gasteiger partial charge in [0.1, 0.15) is 0 Å². The fourth-order valence-corrected chi connectivity index (χ4v) is 1.54. The number of hydrogen-bond acceptors (Lipinski definition) is 1. The highest BCUT2D eigenvalue weighted by molar-refractivity contribution is 6.73. The van der Waals surface area contributed by atoms with Gasteiger partial charge in [0.15, 0.2) is 0 Å². The molecule has 1 fully saturated rings. The van der Waals surface area contributed by atoms with Crippen LogP contribution in [-0.4, -0.2) is 16.8 Å². The van der Waals surface area contributed by atoms with Crippen LogP contribution in [-0.2, 0) is 6.54 Å². The molecule has 6 heteroatoms. The van der Waals surface area contributed by atoms with Gasteiger partial charge in [-0.1, -0.05) is 5.46 Å². The normalized spacial score (nSPS) is 17.4. The Labute approximate surface area is 80.2 Å². The van der Waals surface area contributed by atoms with E-state index in [1.54, 1.807) is 6.92 Å². The van der Waals surface area contributed by atoms with E-state index in [0.29, 0.717) is 6.54 Å². The number of hydrogen-bond donors (Lipinski definition) is 0. The molecule has 1 aromatic heterocycles. The molecule has 1 saturated carbocycles. The molecule has 0 N–H and O–H groups in total. The first-order chi connectivity index (χ1) is 6.52. The Kier molecular flexibility index (Phi) is 2.08. The molecule has 0 bridgehead atoms. The maximum Gasteiger partial charge on any atom is 0.512 e. The van der Waals surface area contributed by atoms with Crippen LogP contribution < -0.4 is 5.46 Å². The molecular weight excluding hydrogens is 192 g/mol. The van der Waals surface area contributed by atoms with Gasteiger partial charge in [-0.15, -0.1) is 0 Å². The predicted molar refractivity (Wildman–Crippen MR) is 48.6 cm³/mol. The highest BCUT2D eigenvalue weighted by Gasteiger charge is 2.36. The van der Waals surface area contributed by atoms with Crippen molar-refractivity contribution in [2.24, 2.45) is 0 Å². The van der Waals surface area contributed by atoms with Crippen LogP contribution in [0.3, 0.4) is 0 Å². The van der Waals surface area contributed by atoms with Crippen molar-refractivity contribution in [1.29, 1.82) is 0 Å². The van der Waals surface area contributed by atoms with Crippen molar-refractivity contribution in [1.82, 2.24) is 9.78 Å². The third-order valence-electron chi connectivity index (χ3n) is 2.46. The molecule has 0 aromatic carbocycles. The number of halogens is 3. The summed E-state index contributed by atoms with van der Waals surface area (Å²) in [5.74, 6) is 0.0568. The molecule has 0 radical (unpaired) electrons. The molecule has 0 spiro atoms. The Morgan fingerprint density at radius 3 is 2.57 bits per heavy atom. The van der Waals surface area contributed by atoms with Crippen molar-refractivity contribution < 1.29 is 12.9 Å². The Hall–Kier alpha value is -0.935. The molecule has 1 aliphatic carbocycles. The van der Waals surface area contributed by atoms with E-state index in [0.717, 1.165) is 19.0 Å². The molecule has 0 saturated heterocycles. The Bertz CT molecular complexity index is 341. The lowest BCUT2D eigenvalue weighted by Gasteiger charge is -2.13. The highest BCUT2D eigenvalue weighted by Crippen LogP contribution is 2.39. The van der Waals surface area contributed by atoms with E-state index in [1.165, 1.54) is 4.68 Å². The summed E-state index contributed by atoms with van der Waals surface area (Å²) < 4.78 is 39.2. The van der Waals surface area contributed by atoms with Crippen LogP contribution in [0.5, 0.6) is 0 Å². The van der Waals surface area contributed by atoms with Gasteiger partial charge in [-0.2, -0.15) is 5.10 Å². The molecule has 2 rings (SSSR count). The van der Waals surface area contributed by atoms with Crippen LogP contribution in [0.15, 0.2) is 6.20 Å². The Morgan fingerprint density at radius 1 is 1.50 bits per heavy atom. The zero-order chi connectivity index (χ0) is 10.3. The van der Waals surface area contributed by atoms with Crippen molar-refractivity contribution in [2.75, 3.05) is 0 Å². The van der Waals surface area contributed by atoms with Gasteiger partial charge in [0, 0.05) is 18.2 Å². The predicted octanol–water partition coefficient (Wildman–Crippen LogP) is 1.83. The van der Waals surface area contributed by atoms with E-state index in [1.807, 2.05) is 0 Å². The number of rotatable bonds is 3. The van der Waals surface area contributed by atoms with Crippen molar-refractivity contribution in [3.63, 3.8) is 0 Å². The summed E-state index contributed by atoms with van der Waals surface area (Å²) in [6, 6.07) is 0. The molecule has 0 unspecified atom stereocenters. The average Bonchev–Trinajstić information content (AvgIpc) is 2.83. The van der Waals surface area contributed by atoms with Gasteiger partial charge in [0.25, 0.3) is 0 Å². The smallest absolute Gasteiger partial charge is 0.445 e. The van der Waals surface area contributed by atoms with Gasteiger partial charge >= 0.3 is 6.98 Å². The Morgan fingerprint density at radius 2 is 2.14 bits per heavy atom. The summed E-state index contributed by atoms with van der Waals surface area (Å²) >= 11 is 0. The number of aromatic nitrogens is 2. The van der Waals surface area contributed by atoms with E-state index >= 15 is 0 Å². The summed E-state index contributed by atoms with van der Waals surface area (Å²) in [6.07, 6.45) is 2.83. The van der Waals surface area contributed by atoms with Gasteiger partial charge in [-0.25, -0.2) is 0 Å². The molecule has 78 valence electrons. The molecule has 0 aliphatic heterocycles. The zero-order valence-electron chi connectivity index (χ0n) is 7.88. The summed E-state index contributed by atoms with van der Waals surface area (Å²) in [6.45, 7) is -2.62. The average molecular weight is 203 g/mol. The minimum atomic E-state index is -4.90. The van der Waals surface area contributed by atoms with E-state index in [-0.39, 0.29) is 11.6 Å². The van der Waals surface area contributed by atoms with E-state index < -0.39 is 12.4 Å². The molecule has 2 nitrogen and oxygen atoms in total. The van der Waals surface area contributed by atoms with Crippen LogP contribution in [0, 0.1) is 0 Å². The molecule has 0 amide bonds. The van der Waals surface area contributed by atoms with E-state index in [4.69, 9.17) is 0 Å². The monoisotopic (exact) mass is 203 g/mol. The molecule has 1 aromatic rings. The molecule has 14 heavy (non-hydrogen) atoms. The SMILES string of the molecule is CCn1cc([B-](F)(F)F)c(C2CC2)n1. The van der Waals surface area contributed by atoms with Gasteiger partial charge in [0.05, 0.1) is 0 Å². The number of nitrogens with zero attached hydrogens (tertiary/aromatic N) is 2. The summed E-state index contributed by atoms with van der Waals surface area (Å²) in [5, 5.41) is 3.97. The topological polar surface area (TPSA) is 17.8 Å². The van der Waals surface area contributed by atoms with Crippen LogP contribution in [0.2, 0.25) is 0 Å². The fourth-order valence-electron chi connectivity index (χ4n) is 1.54. The first-order valence-electron chi connectivity index (χ1n) is 4.79. The van der Waals surface area contributed by atoms with Crippen molar-refractivity contribution in [3.8, 4) is 0 Å². The van der Waals surface area contributed by atoms with Crippen LogP contribution in [0.25, 0.3) is 0 Å². The minimum absolute atomic E-state index is 0.0568. The second-order valence-corrected chi connectivity index (χ2v) is 3.67. The quantitative estimate of drug-likeness (QED) is 0.685. The molecule has 0 atom stereocenters. The molecular formula is C8H11BF3N2-. The zero-order valence-corrected chi connectivity index (χ0v) is 7.88. The summed E-state index contributed by atoms with van der Waals surface area (Å²) in [5.41, 5.74) is -0.228. The third kappa shape index (κ3) is 1.65. The van der Waals surface area contributed by atoms with Crippen molar-refractivity contribution >= 4 is 12.4 Å². The molecule has 1 heterocycles. The summed E-state index contributed by atoms with van der Waals surface area (Å²) in [7, 11) is 0. The number of aryl methyl sites for hydroxylation is 1. The second-order valence-electron chi connectivity index (χ2n) is 3.67. The highest BCUT2D eigenvalue weighted by atomic mass is 19.4. The second kappa shape index (κ2) is 3.03. The van der Waals surface area contributed by atoms with E-state index in [9.17, 15) is 12.9 Å². The lowest BCUT2D eigenvalue weighted by molar-refractivity contribution is 0.500. The lowest BCUT2D eigenvalue weighted by atomic mass is 9.79. The first-order valence-corrected chi connectivity index (χ1v) is 4.79. The maximum absolute atomic E-state index is 12.6. The third-order valence-corrected chi connectivity index (χ3v) is 2.46. The van der Waals surface area contributed by atoms with Crippen molar-refractivity contribution in [2.45, 2.75) is 32.2 Å². The first kappa shape index (κ1) is 9.61. The van der Waals surface area contributed by atoms with Crippen molar-refractivity contribution in [3.05, 3.63) is 11.9 Å². The van der Waals surface area contributed by atoms with Gasteiger partial charge < -0.3 is 12.9 Å². The maximum atomic E-state index is 12.6. The summed E-state index contributed by atoms with van der Waals surface area (Å²) in [4.78, 5) is 0. The van der Waals surface area contributed by atoms with Gasteiger partial charge in [-0.3, -0.25) is 4.68 Å². The van der Waals surface area contributed by atoms with Crippen LogP contribution in [0.1, 0.15) is 31.4 Å². The van der Waals surface area contributed by atoms with Crippen LogP contribution >= 0.6 is 0 Å². The van der Waals surface area contributed by atoms with Gasteiger partial charge in [-0.05, 0) is 26.0 Å². The lowest BCUT2D eigenvalue weighted by Crippen LogP contribution is -2.35. The molecule has 1 aliphatic rings. The Balaban J connectivity index is 2.40. The van der Waals surface area contributed by atoms with Crippen LogP contribution in [0.4, 0.5) is 12.9 Å². The van der Waals surface area contributed by atoms with E-state index in [2.05, 4.69) is 5.10 Å². The fraction of sp³-hybridized carbons (Fsp3) is 0.625. The largest absolute Gasteiger partial charge is 0.512 e. The minimum Gasteiger partial charge on any atom is -0.445 e. The standard InChI is InChI=1S/C8H11BF3N2/c1-2-14-5-7(9(10,11)12)8(13-14)6-3-4-6/h5-6H,2-4H2,1H3/q-1. The van der Waals surface area contributed by atoms with Gasteiger partial charge in [0.2, 0.25) is 0 Å².